The lowest BCUT2D eigenvalue weighted by Gasteiger charge is -2.18. The number of para-hydroxylation sites is 2. The van der Waals surface area contributed by atoms with Crippen LogP contribution in [0.15, 0.2) is 164 Å². The van der Waals surface area contributed by atoms with E-state index in [1.807, 2.05) is 54.6 Å². The first-order chi connectivity index (χ1) is 23.7. The average Bonchev–Trinajstić information content (AvgIpc) is 3.48. The summed E-state index contributed by atoms with van der Waals surface area (Å²) in [4.78, 5) is 0. The molecular weight excluding hydrogens is 588 g/mol. The number of hydrogen-bond donors (Lipinski definition) is 0. The van der Waals surface area contributed by atoms with E-state index in [-0.39, 0.29) is 5.82 Å². The minimum absolute atomic E-state index is 0.330. The summed E-state index contributed by atoms with van der Waals surface area (Å²) in [6.45, 7) is 0. The third kappa shape index (κ3) is 4.39. The Morgan fingerprint density at radius 3 is 1.44 bits per heavy atom. The monoisotopic (exact) mass is 614 g/mol. The Morgan fingerprint density at radius 1 is 0.417 bits per heavy atom. The molecule has 0 aliphatic heterocycles. The van der Waals surface area contributed by atoms with E-state index in [0.717, 1.165) is 71.3 Å². The molecule has 1 aromatic heterocycles. The fraction of sp³-hybridized carbons (Fsp3) is 0. The lowest BCUT2D eigenvalue weighted by Crippen LogP contribution is -1.96. The summed E-state index contributed by atoms with van der Waals surface area (Å²) < 4.78 is 18.0. The van der Waals surface area contributed by atoms with Crippen molar-refractivity contribution in [1.82, 2.24) is 4.57 Å². The first-order valence-corrected chi connectivity index (χ1v) is 16.0. The van der Waals surface area contributed by atoms with Crippen molar-refractivity contribution in [2.24, 2.45) is 0 Å². The van der Waals surface area contributed by atoms with E-state index >= 15 is 4.39 Å². The molecule has 0 atom stereocenters. The maximum atomic E-state index is 15.8. The molecule has 0 saturated carbocycles. The molecule has 0 amide bonds. The topological polar surface area (TPSA) is 28.7 Å². The zero-order valence-corrected chi connectivity index (χ0v) is 25.9. The Bertz CT molecular complexity index is 2640. The van der Waals surface area contributed by atoms with Crippen LogP contribution in [0.5, 0.6) is 0 Å². The van der Waals surface area contributed by atoms with E-state index in [9.17, 15) is 5.26 Å². The van der Waals surface area contributed by atoms with Gasteiger partial charge < -0.3 is 4.57 Å². The summed E-state index contributed by atoms with van der Waals surface area (Å²) >= 11 is 0. The summed E-state index contributed by atoms with van der Waals surface area (Å²) in [7, 11) is 0. The molecule has 9 aromatic rings. The SMILES string of the molecule is N#Cc1cc(-c2cc(F)cc(-c3c4ccccc4c(-c4ccccc4)c4ccccc34)c2)cc(-n2c3ccccc3c3ccccc32)c1. The highest BCUT2D eigenvalue weighted by atomic mass is 19.1. The van der Waals surface area contributed by atoms with Crippen molar-refractivity contribution >= 4 is 43.4 Å². The number of hydrogen-bond acceptors (Lipinski definition) is 1. The molecule has 0 saturated heterocycles. The Labute approximate surface area is 277 Å². The van der Waals surface area contributed by atoms with Crippen molar-refractivity contribution in [1.29, 1.82) is 5.26 Å². The normalized spacial score (nSPS) is 11.4. The van der Waals surface area contributed by atoms with Gasteiger partial charge in [0.25, 0.3) is 0 Å². The van der Waals surface area contributed by atoms with Crippen LogP contribution in [0, 0.1) is 17.1 Å². The zero-order valence-electron chi connectivity index (χ0n) is 25.9. The predicted octanol–water partition coefficient (Wildman–Crippen LogP) is 12.1. The number of benzene rings is 8. The zero-order chi connectivity index (χ0) is 32.2. The van der Waals surface area contributed by atoms with Gasteiger partial charge in [-0.3, -0.25) is 0 Å². The molecule has 8 aromatic carbocycles. The second kappa shape index (κ2) is 11.1. The molecule has 0 bridgehead atoms. The number of halogens is 1. The van der Waals surface area contributed by atoms with E-state index in [2.05, 4.69) is 108 Å². The van der Waals surface area contributed by atoms with Gasteiger partial charge in [0.2, 0.25) is 0 Å². The number of nitrogens with zero attached hydrogens (tertiary/aromatic N) is 2. The van der Waals surface area contributed by atoms with Gasteiger partial charge in [-0.15, -0.1) is 0 Å². The smallest absolute Gasteiger partial charge is 0.124 e. The van der Waals surface area contributed by atoms with E-state index in [1.54, 1.807) is 12.1 Å². The third-order valence-corrected chi connectivity index (χ3v) is 9.40. The minimum atomic E-state index is -0.330. The minimum Gasteiger partial charge on any atom is -0.309 e. The summed E-state index contributed by atoms with van der Waals surface area (Å²) in [6, 6.07) is 57.3. The highest BCUT2D eigenvalue weighted by molar-refractivity contribution is 6.21. The summed E-state index contributed by atoms with van der Waals surface area (Å²) in [5.74, 6) is -0.330. The van der Waals surface area contributed by atoms with Crippen LogP contribution in [-0.4, -0.2) is 4.57 Å². The summed E-state index contributed by atoms with van der Waals surface area (Å²) in [6.07, 6.45) is 0. The third-order valence-electron chi connectivity index (χ3n) is 9.40. The van der Waals surface area contributed by atoms with Crippen molar-refractivity contribution in [2.75, 3.05) is 0 Å². The van der Waals surface area contributed by atoms with Crippen molar-refractivity contribution in [3.8, 4) is 45.1 Å². The molecule has 3 heteroatoms. The van der Waals surface area contributed by atoms with Gasteiger partial charge in [-0.1, -0.05) is 115 Å². The lowest BCUT2D eigenvalue weighted by molar-refractivity contribution is 0.629. The first-order valence-electron chi connectivity index (χ1n) is 16.0. The van der Waals surface area contributed by atoms with Crippen molar-refractivity contribution in [2.45, 2.75) is 0 Å². The highest BCUT2D eigenvalue weighted by Crippen LogP contribution is 2.44. The van der Waals surface area contributed by atoms with Crippen LogP contribution in [0.1, 0.15) is 5.56 Å². The largest absolute Gasteiger partial charge is 0.309 e. The number of fused-ring (bicyclic) bond motifs is 5. The predicted molar refractivity (Wildman–Crippen MR) is 197 cm³/mol. The van der Waals surface area contributed by atoms with Gasteiger partial charge in [0.1, 0.15) is 5.82 Å². The molecule has 0 unspecified atom stereocenters. The van der Waals surface area contributed by atoms with Crippen LogP contribution in [0.4, 0.5) is 4.39 Å². The Morgan fingerprint density at radius 2 is 0.875 bits per heavy atom. The Kier molecular flexibility index (Phi) is 6.42. The van der Waals surface area contributed by atoms with Crippen molar-refractivity contribution in [3.63, 3.8) is 0 Å². The molecule has 1 heterocycles. The molecule has 0 fully saturated rings. The van der Waals surface area contributed by atoms with Gasteiger partial charge in [0.15, 0.2) is 0 Å². The fourth-order valence-electron chi connectivity index (χ4n) is 7.43. The molecule has 0 aliphatic rings. The number of nitriles is 1. The Hall–Kier alpha value is -6.50. The van der Waals surface area contributed by atoms with Crippen LogP contribution >= 0.6 is 0 Å². The Balaban J connectivity index is 1.30. The molecule has 0 radical (unpaired) electrons. The number of rotatable bonds is 4. The van der Waals surface area contributed by atoms with Crippen LogP contribution in [0.25, 0.3) is 82.4 Å². The van der Waals surface area contributed by atoms with Gasteiger partial charge in [-0.25, -0.2) is 4.39 Å². The second-order valence-corrected chi connectivity index (χ2v) is 12.2. The van der Waals surface area contributed by atoms with Gasteiger partial charge >= 0.3 is 0 Å². The van der Waals surface area contributed by atoms with Gasteiger partial charge in [0.05, 0.1) is 22.7 Å². The summed E-state index contributed by atoms with van der Waals surface area (Å²) in [5, 5.41) is 16.8. The van der Waals surface area contributed by atoms with Crippen LogP contribution in [-0.2, 0) is 0 Å². The standard InChI is InChI=1S/C45H27FN2/c46-34-25-32(31-22-29(28-47)23-35(27-31)48-42-20-10-8-14-36(42)37-15-9-11-21-43(37)48)24-33(26-34)45-40-18-6-4-16-38(40)44(30-12-2-1-3-13-30)39-17-5-7-19-41(39)45/h1-27H. The van der Waals surface area contributed by atoms with E-state index in [0.29, 0.717) is 11.1 Å². The maximum absolute atomic E-state index is 15.8. The fourth-order valence-corrected chi connectivity index (χ4v) is 7.43. The second-order valence-electron chi connectivity index (χ2n) is 12.2. The molecule has 48 heavy (non-hydrogen) atoms. The molecule has 2 nitrogen and oxygen atoms in total. The van der Waals surface area contributed by atoms with Crippen molar-refractivity contribution < 1.29 is 4.39 Å². The quantitative estimate of drug-likeness (QED) is 0.181. The van der Waals surface area contributed by atoms with Crippen LogP contribution in [0.3, 0.4) is 0 Å². The maximum Gasteiger partial charge on any atom is 0.124 e. The number of aromatic nitrogens is 1. The molecule has 0 aliphatic carbocycles. The summed E-state index contributed by atoms with van der Waals surface area (Å²) in [5.41, 5.74) is 9.05. The lowest BCUT2D eigenvalue weighted by atomic mass is 9.85. The van der Waals surface area contributed by atoms with E-state index in [4.69, 9.17) is 0 Å². The van der Waals surface area contributed by atoms with Crippen molar-refractivity contribution in [3.05, 3.63) is 175 Å². The van der Waals surface area contributed by atoms with E-state index < -0.39 is 0 Å². The highest BCUT2D eigenvalue weighted by Gasteiger charge is 2.19. The molecule has 0 N–H and O–H groups in total. The van der Waals surface area contributed by atoms with Gasteiger partial charge in [0, 0.05) is 16.5 Å². The first kappa shape index (κ1) is 27.8. The molecule has 9 rings (SSSR count). The van der Waals surface area contributed by atoms with Gasteiger partial charge in [-0.05, 0) is 103 Å². The molecular formula is C45H27FN2. The van der Waals surface area contributed by atoms with E-state index in [1.165, 1.54) is 5.56 Å². The molecule has 224 valence electrons. The average molecular weight is 615 g/mol. The molecule has 0 spiro atoms. The van der Waals surface area contributed by atoms with Crippen LogP contribution in [0.2, 0.25) is 0 Å². The van der Waals surface area contributed by atoms with Gasteiger partial charge in [-0.2, -0.15) is 5.26 Å². The van der Waals surface area contributed by atoms with Crippen LogP contribution < -0.4 is 0 Å².